The average molecular weight is 290 g/mol. The van der Waals surface area contributed by atoms with Crippen LogP contribution in [-0.4, -0.2) is 41.9 Å². The molecule has 3 unspecified atom stereocenters. The molecule has 1 saturated carbocycles. The first kappa shape index (κ1) is 14.7. The van der Waals surface area contributed by atoms with Gasteiger partial charge in [-0.1, -0.05) is 6.42 Å². The summed E-state index contributed by atoms with van der Waals surface area (Å²) in [6, 6.07) is -0.910. The van der Waals surface area contributed by atoms with Crippen molar-refractivity contribution in [2.45, 2.75) is 51.6 Å². The molecule has 6 nitrogen and oxygen atoms in total. The van der Waals surface area contributed by atoms with Gasteiger partial charge in [-0.2, -0.15) is 17.4 Å². The first-order valence-corrected chi connectivity index (χ1v) is 8.09. The molecule has 2 N–H and O–H groups in total. The molecule has 0 radical (unpaired) electrons. The van der Waals surface area contributed by atoms with Gasteiger partial charge in [0.15, 0.2) is 0 Å². The summed E-state index contributed by atoms with van der Waals surface area (Å²) in [7, 11) is -3.75. The van der Waals surface area contributed by atoms with Crippen LogP contribution in [0, 0.1) is 11.8 Å². The Hall–Kier alpha value is -0.660. The molecule has 0 bridgehead atoms. The third-order valence-corrected chi connectivity index (χ3v) is 5.71. The lowest BCUT2D eigenvalue weighted by Gasteiger charge is -2.28. The van der Waals surface area contributed by atoms with Gasteiger partial charge in [0.05, 0.1) is 0 Å². The summed E-state index contributed by atoms with van der Waals surface area (Å²) in [5, 5.41) is 9.36. The van der Waals surface area contributed by atoms with Crippen LogP contribution in [0.4, 0.5) is 0 Å². The number of carbonyl (C=O) groups is 1. The Labute approximate surface area is 114 Å². The molecular weight excluding hydrogens is 268 g/mol. The van der Waals surface area contributed by atoms with Gasteiger partial charge in [-0.15, -0.1) is 0 Å². The molecule has 7 heteroatoms. The molecule has 2 rings (SSSR count). The summed E-state index contributed by atoms with van der Waals surface area (Å²) in [4.78, 5) is 11.4. The Morgan fingerprint density at radius 3 is 2.47 bits per heavy atom. The minimum Gasteiger partial charge on any atom is -0.480 e. The van der Waals surface area contributed by atoms with E-state index in [1.165, 1.54) is 0 Å². The highest BCUT2D eigenvalue weighted by molar-refractivity contribution is 7.87. The van der Waals surface area contributed by atoms with E-state index in [-0.39, 0.29) is 11.8 Å². The molecule has 19 heavy (non-hydrogen) atoms. The van der Waals surface area contributed by atoms with Crippen LogP contribution in [0.1, 0.15) is 40.0 Å². The Morgan fingerprint density at radius 1 is 1.32 bits per heavy atom. The number of hydrogen-bond acceptors (Lipinski definition) is 3. The highest BCUT2D eigenvalue weighted by Crippen LogP contribution is 2.43. The third-order valence-electron chi connectivity index (χ3n) is 3.85. The molecule has 1 aliphatic heterocycles. The van der Waals surface area contributed by atoms with E-state index in [4.69, 9.17) is 0 Å². The lowest BCUT2D eigenvalue weighted by atomic mass is 9.94. The van der Waals surface area contributed by atoms with Crippen molar-refractivity contribution in [2.75, 3.05) is 6.54 Å². The molecule has 1 heterocycles. The minimum atomic E-state index is -3.75. The number of hydrogen-bond donors (Lipinski definition) is 2. The fourth-order valence-electron chi connectivity index (χ4n) is 3.27. The maximum atomic E-state index is 12.3. The zero-order chi connectivity index (χ0) is 14.4. The van der Waals surface area contributed by atoms with E-state index in [2.05, 4.69) is 4.72 Å². The number of carboxylic acids is 1. The smallest absolute Gasteiger partial charge is 0.322 e. The fraction of sp³-hybridized carbons (Fsp3) is 0.917. The summed E-state index contributed by atoms with van der Waals surface area (Å²) in [5.41, 5.74) is -0.612. The van der Waals surface area contributed by atoms with Crippen molar-refractivity contribution >= 4 is 16.2 Å². The number of nitrogens with zero attached hydrogens (tertiary/aromatic N) is 1. The first-order valence-electron chi connectivity index (χ1n) is 6.65. The lowest BCUT2D eigenvalue weighted by molar-refractivity contribution is -0.142. The van der Waals surface area contributed by atoms with E-state index in [1.54, 1.807) is 20.8 Å². The monoisotopic (exact) mass is 290 g/mol. The van der Waals surface area contributed by atoms with E-state index in [9.17, 15) is 18.3 Å². The second-order valence-corrected chi connectivity index (χ2v) is 8.19. The van der Waals surface area contributed by atoms with Gasteiger partial charge in [0.2, 0.25) is 0 Å². The van der Waals surface area contributed by atoms with Gasteiger partial charge < -0.3 is 5.11 Å². The van der Waals surface area contributed by atoms with Crippen LogP contribution in [-0.2, 0) is 15.0 Å². The third kappa shape index (κ3) is 2.93. The quantitative estimate of drug-likeness (QED) is 0.805. The van der Waals surface area contributed by atoms with Crippen molar-refractivity contribution in [1.29, 1.82) is 0 Å². The summed E-state index contributed by atoms with van der Waals surface area (Å²) >= 11 is 0. The van der Waals surface area contributed by atoms with Crippen molar-refractivity contribution in [3.05, 3.63) is 0 Å². The topological polar surface area (TPSA) is 86.7 Å². The van der Waals surface area contributed by atoms with Crippen molar-refractivity contribution in [2.24, 2.45) is 11.8 Å². The van der Waals surface area contributed by atoms with Gasteiger partial charge in [0.1, 0.15) is 6.04 Å². The molecule has 110 valence electrons. The van der Waals surface area contributed by atoms with Gasteiger partial charge >= 0.3 is 5.97 Å². The number of aliphatic carboxylic acids is 1. The standard InChI is InChI=1S/C12H22N2O4S/c1-12(2,3)13-19(17,18)14-7-8-5-4-6-9(8)10(14)11(15)16/h8-10,13H,4-7H2,1-3H3,(H,15,16). The Kier molecular flexibility index (Phi) is 3.66. The van der Waals surface area contributed by atoms with Gasteiger partial charge in [-0.05, 0) is 45.4 Å². The van der Waals surface area contributed by atoms with Gasteiger partial charge in [-0.3, -0.25) is 4.79 Å². The van der Waals surface area contributed by atoms with Gasteiger partial charge in [0, 0.05) is 12.1 Å². The van der Waals surface area contributed by atoms with Crippen molar-refractivity contribution in [3.63, 3.8) is 0 Å². The number of rotatable bonds is 3. The van der Waals surface area contributed by atoms with Crippen LogP contribution < -0.4 is 4.72 Å². The summed E-state index contributed by atoms with van der Waals surface area (Å²) < 4.78 is 28.4. The maximum Gasteiger partial charge on any atom is 0.322 e. The highest BCUT2D eigenvalue weighted by atomic mass is 32.2. The average Bonchev–Trinajstić information content (AvgIpc) is 2.69. The van der Waals surface area contributed by atoms with Gasteiger partial charge in [-0.25, -0.2) is 0 Å². The number of nitrogens with one attached hydrogen (secondary N) is 1. The van der Waals surface area contributed by atoms with Crippen LogP contribution in [0.15, 0.2) is 0 Å². The number of carboxylic acid groups (broad SMARTS) is 1. The van der Waals surface area contributed by atoms with Crippen LogP contribution in [0.3, 0.4) is 0 Å². The van der Waals surface area contributed by atoms with Crippen LogP contribution in [0.2, 0.25) is 0 Å². The Bertz CT molecular complexity index is 469. The fourth-order valence-corrected chi connectivity index (χ4v) is 5.09. The number of fused-ring (bicyclic) bond motifs is 1. The second kappa shape index (κ2) is 4.71. The van der Waals surface area contributed by atoms with Crippen molar-refractivity contribution in [1.82, 2.24) is 9.03 Å². The van der Waals surface area contributed by atoms with Crippen LogP contribution >= 0.6 is 0 Å². The predicted molar refractivity (Wildman–Crippen MR) is 70.8 cm³/mol. The molecule has 0 spiro atoms. The van der Waals surface area contributed by atoms with E-state index in [1.807, 2.05) is 0 Å². The first-order chi connectivity index (χ1) is 8.62. The van der Waals surface area contributed by atoms with E-state index >= 15 is 0 Å². The zero-order valence-corrected chi connectivity index (χ0v) is 12.4. The molecule has 2 fully saturated rings. The molecule has 0 amide bonds. The summed E-state index contributed by atoms with van der Waals surface area (Å²) in [6.45, 7) is 5.57. The van der Waals surface area contributed by atoms with E-state index in [0.29, 0.717) is 6.54 Å². The molecule has 1 saturated heterocycles. The second-order valence-electron chi connectivity index (χ2n) is 6.56. The largest absolute Gasteiger partial charge is 0.480 e. The lowest BCUT2D eigenvalue weighted by Crippen LogP contribution is -2.53. The molecule has 2 aliphatic rings. The zero-order valence-electron chi connectivity index (χ0n) is 11.6. The van der Waals surface area contributed by atoms with E-state index < -0.39 is 27.8 Å². The molecule has 1 aliphatic carbocycles. The molecule has 3 atom stereocenters. The molecule has 0 aromatic heterocycles. The van der Waals surface area contributed by atoms with Gasteiger partial charge in [0.25, 0.3) is 10.2 Å². The highest BCUT2D eigenvalue weighted by Gasteiger charge is 2.52. The van der Waals surface area contributed by atoms with Crippen LogP contribution in [0.5, 0.6) is 0 Å². The predicted octanol–water partition coefficient (Wildman–Crippen LogP) is 0.804. The maximum absolute atomic E-state index is 12.3. The molecular formula is C12H22N2O4S. The normalized spacial score (nSPS) is 32.5. The van der Waals surface area contributed by atoms with Crippen molar-refractivity contribution in [3.8, 4) is 0 Å². The minimum absolute atomic E-state index is 0.0333. The SMILES string of the molecule is CC(C)(C)NS(=O)(=O)N1CC2CCCC2C1C(=O)O. The Morgan fingerprint density at radius 2 is 1.95 bits per heavy atom. The van der Waals surface area contributed by atoms with Crippen molar-refractivity contribution < 1.29 is 18.3 Å². The summed E-state index contributed by atoms with van der Waals surface area (Å²) in [6.07, 6.45) is 2.73. The molecule has 0 aromatic rings. The molecule has 0 aromatic carbocycles. The Balaban J connectivity index is 2.26. The van der Waals surface area contributed by atoms with Crippen LogP contribution in [0.25, 0.3) is 0 Å². The summed E-state index contributed by atoms with van der Waals surface area (Å²) in [5.74, 6) is -0.875. The van der Waals surface area contributed by atoms with E-state index in [0.717, 1.165) is 23.6 Å².